The predicted molar refractivity (Wildman–Crippen MR) is 111 cm³/mol. The largest absolute Gasteiger partial charge is 0.462 e. The first-order valence-electron chi connectivity index (χ1n) is 11.4. The smallest absolute Gasteiger partial charge is 0.401 e. The molecule has 0 amide bonds. The molecular formula is C21H37F3N4O2. The topological polar surface area (TPSA) is 66.0 Å². The lowest BCUT2D eigenvalue weighted by molar-refractivity contribution is -0.149. The van der Waals surface area contributed by atoms with Crippen molar-refractivity contribution in [3.63, 3.8) is 0 Å². The van der Waals surface area contributed by atoms with Crippen LogP contribution in [0.2, 0.25) is 0 Å². The van der Waals surface area contributed by atoms with Gasteiger partial charge in [0.1, 0.15) is 6.10 Å². The molecule has 0 unspecified atom stereocenters. The number of likely N-dealkylation sites (tertiary alicyclic amines) is 1. The van der Waals surface area contributed by atoms with Crippen molar-refractivity contribution in [2.24, 2.45) is 10.9 Å². The second kappa shape index (κ2) is 13.0. The van der Waals surface area contributed by atoms with Gasteiger partial charge in [0.2, 0.25) is 0 Å². The summed E-state index contributed by atoms with van der Waals surface area (Å²) < 4.78 is 42.8. The van der Waals surface area contributed by atoms with E-state index in [9.17, 15) is 18.0 Å². The van der Waals surface area contributed by atoms with Crippen molar-refractivity contribution in [1.82, 2.24) is 15.5 Å². The molecule has 1 heterocycles. The van der Waals surface area contributed by atoms with Gasteiger partial charge in [0, 0.05) is 26.1 Å². The average Bonchev–Trinajstić information content (AvgIpc) is 3.18. The van der Waals surface area contributed by atoms with E-state index in [1.54, 1.807) is 0 Å². The van der Waals surface area contributed by atoms with Crippen molar-refractivity contribution in [3.8, 4) is 0 Å². The third kappa shape index (κ3) is 10.5. The lowest BCUT2D eigenvalue weighted by atomic mass is 9.93. The molecular weight excluding hydrogens is 397 g/mol. The first-order valence-corrected chi connectivity index (χ1v) is 11.4. The van der Waals surface area contributed by atoms with Gasteiger partial charge in [-0.2, -0.15) is 13.2 Å². The van der Waals surface area contributed by atoms with Gasteiger partial charge in [-0.1, -0.05) is 0 Å². The maximum atomic E-state index is 12.5. The fourth-order valence-electron chi connectivity index (χ4n) is 4.09. The summed E-state index contributed by atoms with van der Waals surface area (Å²) in [6, 6.07) is 0. The van der Waals surface area contributed by atoms with Gasteiger partial charge in [-0.3, -0.25) is 14.7 Å². The molecule has 1 aliphatic carbocycles. The minimum atomic E-state index is -4.11. The highest BCUT2D eigenvalue weighted by molar-refractivity contribution is 5.79. The van der Waals surface area contributed by atoms with Crippen molar-refractivity contribution in [1.29, 1.82) is 0 Å². The molecule has 1 saturated heterocycles. The van der Waals surface area contributed by atoms with Crippen LogP contribution in [-0.2, 0) is 9.53 Å². The van der Waals surface area contributed by atoms with Crippen molar-refractivity contribution < 1.29 is 22.7 Å². The van der Waals surface area contributed by atoms with E-state index in [1.807, 2.05) is 6.92 Å². The number of guanidine groups is 1. The van der Waals surface area contributed by atoms with E-state index < -0.39 is 12.7 Å². The number of carbonyl (C=O) groups excluding carboxylic acids is 1. The van der Waals surface area contributed by atoms with Crippen LogP contribution in [0, 0.1) is 5.92 Å². The van der Waals surface area contributed by atoms with Gasteiger partial charge in [0.25, 0.3) is 0 Å². The summed E-state index contributed by atoms with van der Waals surface area (Å²) in [7, 11) is 0. The van der Waals surface area contributed by atoms with Crippen LogP contribution in [0.4, 0.5) is 13.2 Å². The Morgan fingerprint density at radius 3 is 2.47 bits per heavy atom. The van der Waals surface area contributed by atoms with Crippen LogP contribution in [0.5, 0.6) is 0 Å². The molecule has 0 aromatic heterocycles. The Balaban J connectivity index is 1.58. The monoisotopic (exact) mass is 434 g/mol. The maximum absolute atomic E-state index is 12.5. The number of ether oxygens (including phenoxy) is 1. The van der Waals surface area contributed by atoms with Gasteiger partial charge in [-0.25, -0.2) is 0 Å². The third-order valence-corrected chi connectivity index (χ3v) is 5.71. The number of nitrogens with one attached hydrogen (secondary N) is 2. The van der Waals surface area contributed by atoms with E-state index in [-0.39, 0.29) is 12.1 Å². The van der Waals surface area contributed by atoms with Gasteiger partial charge in [-0.15, -0.1) is 0 Å². The summed E-state index contributed by atoms with van der Waals surface area (Å²) in [4.78, 5) is 17.8. The molecule has 0 radical (unpaired) electrons. The second-order valence-corrected chi connectivity index (χ2v) is 8.31. The molecule has 30 heavy (non-hydrogen) atoms. The van der Waals surface area contributed by atoms with Crippen molar-refractivity contribution >= 4 is 11.9 Å². The number of esters is 1. The maximum Gasteiger partial charge on any atom is 0.401 e. The van der Waals surface area contributed by atoms with Gasteiger partial charge in [0.15, 0.2) is 5.96 Å². The summed E-state index contributed by atoms with van der Waals surface area (Å²) in [5.74, 6) is 1.03. The number of rotatable bonds is 10. The Bertz CT molecular complexity index is 529. The highest BCUT2D eigenvalue weighted by Gasteiger charge is 2.32. The van der Waals surface area contributed by atoms with Gasteiger partial charge in [-0.05, 0) is 77.3 Å². The van der Waals surface area contributed by atoms with Crippen LogP contribution >= 0.6 is 0 Å². The minimum absolute atomic E-state index is 0.111. The van der Waals surface area contributed by atoms with E-state index in [4.69, 9.17) is 4.74 Å². The number of aliphatic imine (C=N–C) groups is 1. The fraction of sp³-hybridized carbons (Fsp3) is 0.905. The molecule has 2 rings (SSSR count). The summed E-state index contributed by atoms with van der Waals surface area (Å²) in [6.07, 6.45) is 3.81. The fourth-order valence-corrected chi connectivity index (χ4v) is 4.09. The Labute approximate surface area is 178 Å². The van der Waals surface area contributed by atoms with Crippen LogP contribution in [0.3, 0.4) is 0 Å². The van der Waals surface area contributed by atoms with Crippen molar-refractivity contribution in [2.75, 3.05) is 39.3 Å². The summed E-state index contributed by atoms with van der Waals surface area (Å²) in [5, 5.41) is 6.48. The normalized spacial score (nSPS) is 19.8. The third-order valence-electron chi connectivity index (χ3n) is 5.71. The van der Waals surface area contributed by atoms with Crippen molar-refractivity contribution in [2.45, 2.75) is 77.0 Å². The molecule has 2 aliphatic rings. The lowest BCUT2D eigenvalue weighted by Gasteiger charge is -2.32. The SMILES string of the molecule is CCNC(=NCCCC(=O)OC1CCCC1)NCCC1CCN(CC(F)(F)F)CC1. The zero-order valence-electron chi connectivity index (χ0n) is 18.1. The standard InChI is InChI=1S/C21H37F3N4O2/c1-2-25-20(26-12-5-8-19(29)30-18-6-3-4-7-18)27-13-9-17-10-14-28(15-11-17)16-21(22,23)24/h17-18H,2-16H2,1H3,(H2,25,26,27). The molecule has 0 atom stereocenters. The number of piperidine rings is 1. The van der Waals surface area contributed by atoms with Gasteiger partial charge < -0.3 is 15.4 Å². The Kier molecular flexibility index (Phi) is 10.7. The number of hydrogen-bond acceptors (Lipinski definition) is 4. The first kappa shape index (κ1) is 24.8. The zero-order valence-corrected chi connectivity index (χ0v) is 18.1. The van der Waals surface area contributed by atoms with Crippen molar-refractivity contribution in [3.05, 3.63) is 0 Å². The molecule has 9 heteroatoms. The molecule has 6 nitrogen and oxygen atoms in total. The lowest BCUT2D eigenvalue weighted by Crippen LogP contribution is -2.41. The molecule has 1 saturated carbocycles. The van der Waals surface area contributed by atoms with Gasteiger partial charge >= 0.3 is 12.1 Å². The summed E-state index contributed by atoms with van der Waals surface area (Å²) in [5.41, 5.74) is 0. The number of halogens is 3. The number of alkyl halides is 3. The van der Waals surface area contributed by atoms with E-state index in [0.717, 1.165) is 64.0 Å². The summed E-state index contributed by atoms with van der Waals surface area (Å²) >= 11 is 0. The van der Waals surface area contributed by atoms with Crippen LogP contribution in [0.15, 0.2) is 4.99 Å². The molecule has 174 valence electrons. The Morgan fingerprint density at radius 2 is 1.83 bits per heavy atom. The van der Waals surface area contributed by atoms with E-state index in [0.29, 0.717) is 38.4 Å². The zero-order chi connectivity index (χ0) is 21.8. The number of nitrogens with zero attached hydrogens (tertiary/aromatic N) is 2. The predicted octanol–water partition coefficient (Wildman–Crippen LogP) is 3.47. The highest BCUT2D eigenvalue weighted by Crippen LogP contribution is 2.24. The number of hydrogen-bond donors (Lipinski definition) is 2. The molecule has 2 fully saturated rings. The molecule has 0 aromatic rings. The average molecular weight is 435 g/mol. The number of carbonyl (C=O) groups is 1. The molecule has 0 bridgehead atoms. The molecule has 0 spiro atoms. The van der Waals surface area contributed by atoms with Crippen LogP contribution in [0.25, 0.3) is 0 Å². The molecule has 1 aliphatic heterocycles. The quantitative estimate of drug-likeness (QED) is 0.239. The molecule has 0 aromatic carbocycles. The van der Waals surface area contributed by atoms with Gasteiger partial charge in [0.05, 0.1) is 6.54 Å². The van der Waals surface area contributed by atoms with E-state index in [1.165, 1.54) is 4.90 Å². The van der Waals surface area contributed by atoms with Crippen LogP contribution in [-0.4, -0.2) is 68.4 Å². The molecule has 2 N–H and O–H groups in total. The van der Waals surface area contributed by atoms with Crippen LogP contribution < -0.4 is 10.6 Å². The van der Waals surface area contributed by atoms with E-state index >= 15 is 0 Å². The summed E-state index contributed by atoms with van der Waals surface area (Å²) in [6.45, 7) is 4.23. The highest BCUT2D eigenvalue weighted by atomic mass is 19.4. The minimum Gasteiger partial charge on any atom is -0.462 e. The van der Waals surface area contributed by atoms with E-state index in [2.05, 4.69) is 15.6 Å². The first-order chi connectivity index (χ1) is 14.4. The second-order valence-electron chi connectivity index (χ2n) is 8.31. The Hall–Kier alpha value is -1.51. The van der Waals surface area contributed by atoms with Crippen LogP contribution in [0.1, 0.15) is 64.7 Å². The Morgan fingerprint density at radius 1 is 1.13 bits per heavy atom.